The summed E-state index contributed by atoms with van der Waals surface area (Å²) < 4.78 is 7.20. The van der Waals surface area contributed by atoms with E-state index in [9.17, 15) is 0 Å². The predicted molar refractivity (Wildman–Crippen MR) is 87.2 cm³/mol. The summed E-state index contributed by atoms with van der Waals surface area (Å²) in [5.74, 6) is 1.64. The third-order valence-electron chi connectivity index (χ3n) is 3.96. The van der Waals surface area contributed by atoms with Crippen LogP contribution in [-0.4, -0.2) is 20.2 Å². The van der Waals surface area contributed by atoms with E-state index in [0.717, 1.165) is 28.4 Å². The lowest BCUT2D eigenvalue weighted by atomic mass is 10.0. The van der Waals surface area contributed by atoms with Gasteiger partial charge in [0, 0.05) is 0 Å². The Kier molecular flexibility index (Phi) is 4.00. The van der Waals surface area contributed by atoms with Gasteiger partial charge in [0.05, 0.1) is 24.0 Å². The van der Waals surface area contributed by atoms with E-state index in [0.29, 0.717) is 6.54 Å². The predicted octanol–water partition coefficient (Wildman–Crippen LogP) is 2.90. The first kappa shape index (κ1) is 15.4. The Hall–Kier alpha value is -2.47. The molecule has 2 aromatic heterocycles. The van der Waals surface area contributed by atoms with Gasteiger partial charge in [-0.2, -0.15) is 4.68 Å². The molecule has 0 aliphatic heterocycles. The molecular formula is C17H21N5O. The maximum absolute atomic E-state index is 5.38. The van der Waals surface area contributed by atoms with Crippen LogP contribution in [0.5, 0.6) is 0 Å². The summed E-state index contributed by atoms with van der Waals surface area (Å²) in [5.41, 5.74) is 2.89. The van der Waals surface area contributed by atoms with Gasteiger partial charge in [-0.3, -0.25) is 5.32 Å². The minimum absolute atomic E-state index is 0.412. The van der Waals surface area contributed by atoms with Gasteiger partial charge < -0.3 is 4.42 Å². The molecule has 0 atom stereocenters. The molecule has 0 radical (unpaired) electrons. The number of para-hydroxylation sites is 1. The summed E-state index contributed by atoms with van der Waals surface area (Å²) in [6, 6.07) is 9.99. The Labute approximate surface area is 135 Å². The van der Waals surface area contributed by atoms with Crippen LogP contribution < -0.4 is 5.32 Å². The van der Waals surface area contributed by atoms with Crippen LogP contribution in [0, 0.1) is 13.8 Å². The average molecular weight is 311 g/mol. The number of aryl methyl sites for hydroxylation is 2. The second kappa shape index (κ2) is 5.96. The molecule has 2 heterocycles. The van der Waals surface area contributed by atoms with Crippen LogP contribution in [0.3, 0.4) is 0 Å². The molecule has 3 aromatic rings. The second-order valence-corrected chi connectivity index (χ2v) is 6.21. The van der Waals surface area contributed by atoms with Crippen LogP contribution >= 0.6 is 0 Å². The molecule has 0 aliphatic rings. The minimum atomic E-state index is -0.412. The molecule has 0 saturated heterocycles. The highest BCUT2D eigenvalue weighted by Gasteiger charge is 2.28. The third kappa shape index (κ3) is 3.03. The molecule has 120 valence electrons. The number of furan rings is 1. The van der Waals surface area contributed by atoms with Crippen molar-refractivity contribution in [2.24, 2.45) is 0 Å². The van der Waals surface area contributed by atoms with Crippen LogP contribution in [0.15, 0.2) is 41.0 Å². The molecule has 6 heteroatoms. The number of hydrogen-bond acceptors (Lipinski definition) is 5. The normalized spacial score (nSPS) is 11.8. The number of aromatic nitrogens is 4. The van der Waals surface area contributed by atoms with Gasteiger partial charge in [-0.05, 0) is 61.4 Å². The minimum Gasteiger partial charge on any atom is -0.468 e. The Balaban J connectivity index is 1.93. The number of rotatable bonds is 5. The molecule has 0 fully saturated rings. The molecule has 0 aliphatic carbocycles. The van der Waals surface area contributed by atoms with E-state index in [1.807, 2.05) is 22.9 Å². The monoisotopic (exact) mass is 311 g/mol. The zero-order valence-corrected chi connectivity index (χ0v) is 13.9. The van der Waals surface area contributed by atoms with Crippen molar-refractivity contribution in [3.63, 3.8) is 0 Å². The fraction of sp³-hybridized carbons (Fsp3) is 0.353. The quantitative estimate of drug-likeness (QED) is 0.784. The van der Waals surface area contributed by atoms with Crippen LogP contribution in [0.4, 0.5) is 0 Å². The topological polar surface area (TPSA) is 68.8 Å². The van der Waals surface area contributed by atoms with Crippen LogP contribution in [-0.2, 0) is 12.1 Å². The molecule has 23 heavy (non-hydrogen) atoms. The van der Waals surface area contributed by atoms with E-state index >= 15 is 0 Å². The van der Waals surface area contributed by atoms with Crippen molar-refractivity contribution >= 4 is 0 Å². The molecule has 3 rings (SSSR count). The van der Waals surface area contributed by atoms with Gasteiger partial charge in [0.15, 0.2) is 5.82 Å². The van der Waals surface area contributed by atoms with Crippen molar-refractivity contribution in [3.8, 4) is 5.69 Å². The van der Waals surface area contributed by atoms with Gasteiger partial charge in [0.25, 0.3) is 0 Å². The van der Waals surface area contributed by atoms with Crippen LogP contribution in [0.2, 0.25) is 0 Å². The highest BCUT2D eigenvalue weighted by Crippen LogP contribution is 2.24. The molecule has 0 saturated carbocycles. The molecule has 6 nitrogen and oxygen atoms in total. The van der Waals surface area contributed by atoms with Gasteiger partial charge in [-0.15, -0.1) is 5.10 Å². The number of nitrogens with zero attached hydrogens (tertiary/aromatic N) is 4. The van der Waals surface area contributed by atoms with Gasteiger partial charge in [0.2, 0.25) is 0 Å². The second-order valence-electron chi connectivity index (χ2n) is 6.21. The average Bonchev–Trinajstić information content (AvgIpc) is 3.17. The molecule has 0 spiro atoms. The maximum atomic E-state index is 5.38. The summed E-state index contributed by atoms with van der Waals surface area (Å²) in [6.07, 6.45) is 1.67. The van der Waals surface area contributed by atoms with Crippen molar-refractivity contribution in [1.29, 1.82) is 0 Å². The maximum Gasteiger partial charge on any atom is 0.176 e. The Morgan fingerprint density at radius 3 is 2.52 bits per heavy atom. The van der Waals surface area contributed by atoms with Crippen molar-refractivity contribution in [1.82, 2.24) is 25.5 Å². The lowest BCUT2D eigenvalue weighted by Gasteiger charge is -2.25. The first-order valence-corrected chi connectivity index (χ1v) is 7.62. The van der Waals surface area contributed by atoms with E-state index in [1.54, 1.807) is 6.26 Å². The van der Waals surface area contributed by atoms with Gasteiger partial charge >= 0.3 is 0 Å². The van der Waals surface area contributed by atoms with Crippen LogP contribution in [0.1, 0.15) is 36.6 Å². The highest BCUT2D eigenvalue weighted by atomic mass is 16.3. The van der Waals surface area contributed by atoms with Gasteiger partial charge in [0.1, 0.15) is 5.76 Å². The first-order chi connectivity index (χ1) is 11.0. The lowest BCUT2D eigenvalue weighted by Crippen LogP contribution is -2.38. The smallest absolute Gasteiger partial charge is 0.176 e. The van der Waals surface area contributed by atoms with Gasteiger partial charge in [-0.1, -0.05) is 18.2 Å². The van der Waals surface area contributed by atoms with E-state index in [1.165, 1.54) is 0 Å². The number of tetrazole rings is 1. The van der Waals surface area contributed by atoms with Crippen LogP contribution in [0.25, 0.3) is 5.69 Å². The third-order valence-corrected chi connectivity index (χ3v) is 3.96. The van der Waals surface area contributed by atoms with E-state index < -0.39 is 5.54 Å². The fourth-order valence-electron chi connectivity index (χ4n) is 2.67. The zero-order valence-electron chi connectivity index (χ0n) is 13.9. The van der Waals surface area contributed by atoms with E-state index in [-0.39, 0.29) is 0 Å². The summed E-state index contributed by atoms with van der Waals surface area (Å²) >= 11 is 0. The summed E-state index contributed by atoms with van der Waals surface area (Å²) in [5, 5.41) is 15.8. The summed E-state index contributed by atoms with van der Waals surface area (Å²) in [6.45, 7) is 8.87. The molecule has 0 amide bonds. The molecular weight excluding hydrogens is 290 g/mol. The van der Waals surface area contributed by atoms with E-state index in [2.05, 4.69) is 60.7 Å². The molecule has 0 bridgehead atoms. The SMILES string of the molecule is Cc1cccc(C)c1-n1nnnc1C(C)(C)NCc1ccco1. The van der Waals surface area contributed by atoms with Crippen molar-refractivity contribution in [2.75, 3.05) is 0 Å². The Morgan fingerprint density at radius 1 is 1.13 bits per heavy atom. The summed E-state index contributed by atoms with van der Waals surface area (Å²) in [7, 11) is 0. The first-order valence-electron chi connectivity index (χ1n) is 7.62. The van der Waals surface area contributed by atoms with Crippen molar-refractivity contribution in [3.05, 3.63) is 59.3 Å². The molecule has 1 N–H and O–H groups in total. The Morgan fingerprint density at radius 2 is 1.87 bits per heavy atom. The van der Waals surface area contributed by atoms with E-state index in [4.69, 9.17) is 4.42 Å². The molecule has 1 aromatic carbocycles. The standard InChI is InChI=1S/C17H21N5O/c1-12-7-5-8-13(2)15(12)22-16(19-20-21-22)17(3,4)18-11-14-9-6-10-23-14/h5-10,18H,11H2,1-4H3. The largest absolute Gasteiger partial charge is 0.468 e. The molecule has 0 unspecified atom stereocenters. The fourth-order valence-corrected chi connectivity index (χ4v) is 2.67. The Bertz CT molecular complexity index is 769. The number of hydrogen-bond donors (Lipinski definition) is 1. The van der Waals surface area contributed by atoms with Gasteiger partial charge in [-0.25, -0.2) is 0 Å². The number of benzene rings is 1. The lowest BCUT2D eigenvalue weighted by molar-refractivity contribution is 0.347. The van der Waals surface area contributed by atoms with Crippen molar-refractivity contribution < 1.29 is 4.42 Å². The van der Waals surface area contributed by atoms with Crippen molar-refractivity contribution in [2.45, 2.75) is 39.8 Å². The summed E-state index contributed by atoms with van der Waals surface area (Å²) in [4.78, 5) is 0. The number of nitrogens with one attached hydrogen (secondary N) is 1. The zero-order chi connectivity index (χ0) is 16.4. The highest BCUT2D eigenvalue weighted by molar-refractivity contribution is 5.46.